The van der Waals surface area contributed by atoms with Crippen molar-refractivity contribution in [1.82, 2.24) is 0 Å². The lowest BCUT2D eigenvalue weighted by Gasteiger charge is -2.00. The highest BCUT2D eigenvalue weighted by molar-refractivity contribution is 6.58. The summed E-state index contributed by atoms with van der Waals surface area (Å²) in [6, 6.07) is 12.3. The summed E-state index contributed by atoms with van der Waals surface area (Å²) in [5.41, 5.74) is 3.65. The van der Waals surface area contributed by atoms with Crippen LogP contribution in [0.2, 0.25) is 0 Å². The predicted molar refractivity (Wildman–Crippen MR) is 81.8 cm³/mol. The van der Waals surface area contributed by atoms with Crippen molar-refractivity contribution in [3.05, 3.63) is 64.1 Å². The number of hydrogen-bond acceptors (Lipinski definition) is 4. The van der Waals surface area contributed by atoms with Gasteiger partial charge in [0.1, 0.15) is 5.69 Å². The van der Waals surface area contributed by atoms with E-state index < -0.39 is 7.12 Å². The van der Waals surface area contributed by atoms with Crippen LogP contribution in [-0.2, 0) is 0 Å². The number of hydrogen-bond donors (Lipinski definition) is 2. The Morgan fingerprint density at radius 1 is 1.00 bits per heavy atom. The Balaban J connectivity index is 2.20. The Morgan fingerprint density at radius 2 is 1.65 bits per heavy atom. The second-order valence-corrected chi connectivity index (χ2v) is 4.57. The fourth-order valence-electron chi connectivity index (χ4n) is 1.91. The van der Waals surface area contributed by atoms with Crippen LogP contribution < -0.4 is 5.46 Å². The van der Waals surface area contributed by atoms with Crippen molar-refractivity contribution < 1.29 is 10.0 Å². The zero-order valence-corrected chi connectivity index (χ0v) is 11.0. The molecule has 2 N–H and O–H groups in total. The third-order valence-electron chi connectivity index (χ3n) is 2.89. The van der Waals surface area contributed by atoms with Crippen LogP contribution in [0.15, 0.2) is 47.6 Å². The van der Waals surface area contributed by atoms with Gasteiger partial charge in [-0.3, -0.25) is 0 Å². The van der Waals surface area contributed by atoms with E-state index in [9.17, 15) is 4.91 Å². The molecule has 0 fully saturated rings. The molecule has 2 aromatic carbocycles. The minimum absolute atomic E-state index is 0.406. The quantitative estimate of drug-likeness (QED) is 0.507. The van der Waals surface area contributed by atoms with E-state index in [-0.39, 0.29) is 0 Å². The lowest BCUT2D eigenvalue weighted by atomic mass is 9.80. The summed E-state index contributed by atoms with van der Waals surface area (Å²) in [6.45, 7) is 1.91. The smallest absolute Gasteiger partial charge is 0.423 e. The van der Waals surface area contributed by atoms with Crippen LogP contribution in [0.25, 0.3) is 12.2 Å². The van der Waals surface area contributed by atoms with Crippen LogP contribution in [0.5, 0.6) is 0 Å². The second-order valence-electron chi connectivity index (χ2n) is 4.57. The summed E-state index contributed by atoms with van der Waals surface area (Å²) in [7, 11) is -1.45. The minimum Gasteiger partial charge on any atom is -0.423 e. The fraction of sp³-hybridized carbons (Fsp3) is 0.0667. The average molecular weight is 267 g/mol. The van der Waals surface area contributed by atoms with Gasteiger partial charge in [0.15, 0.2) is 0 Å². The van der Waals surface area contributed by atoms with Gasteiger partial charge in [0.2, 0.25) is 0 Å². The second kappa shape index (κ2) is 6.28. The third-order valence-corrected chi connectivity index (χ3v) is 2.89. The van der Waals surface area contributed by atoms with Gasteiger partial charge in [-0.25, -0.2) is 0 Å². The molecular formula is C15H14BNO3. The van der Waals surface area contributed by atoms with Crippen LogP contribution in [0.4, 0.5) is 5.69 Å². The standard InChI is InChI=1S/C15H14BNO3/c1-11-8-13(10-15(9-11)17-20)3-2-12-4-6-14(7-5-12)16(18)19/h2-10,18-19H,1H3/b3-2+. The van der Waals surface area contributed by atoms with Crippen molar-refractivity contribution in [1.29, 1.82) is 0 Å². The zero-order valence-electron chi connectivity index (χ0n) is 11.0. The highest BCUT2D eigenvalue weighted by atomic mass is 16.4. The van der Waals surface area contributed by atoms with Crippen molar-refractivity contribution in [2.45, 2.75) is 6.92 Å². The Morgan fingerprint density at radius 3 is 2.25 bits per heavy atom. The molecule has 20 heavy (non-hydrogen) atoms. The molecule has 0 aromatic heterocycles. The van der Waals surface area contributed by atoms with Crippen molar-refractivity contribution in [3.8, 4) is 0 Å². The molecule has 2 rings (SSSR count). The summed E-state index contributed by atoms with van der Waals surface area (Å²) in [5.74, 6) is 0. The summed E-state index contributed by atoms with van der Waals surface area (Å²) < 4.78 is 0. The number of nitroso groups, excluding NO2 is 1. The monoisotopic (exact) mass is 267 g/mol. The van der Waals surface area contributed by atoms with Crippen molar-refractivity contribution in [2.24, 2.45) is 5.18 Å². The van der Waals surface area contributed by atoms with Gasteiger partial charge >= 0.3 is 7.12 Å². The van der Waals surface area contributed by atoms with Gasteiger partial charge in [-0.1, -0.05) is 42.5 Å². The molecule has 0 amide bonds. The first-order valence-electron chi connectivity index (χ1n) is 6.18. The molecule has 2 aromatic rings. The van der Waals surface area contributed by atoms with Gasteiger partial charge in [0, 0.05) is 0 Å². The lowest BCUT2D eigenvalue weighted by molar-refractivity contribution is 0.426. The van der Waals surface area contributed by atoms with E-state index in [1.54, 1.807) is 36.4 Å². The Bertz CT molecular complexity index is 636. The lowest BCUT2D eigenvalue weighted by Crippen LogP contribution is -2.29. The maximum atomic E-state index is 10.6. The molecule has 100 valence electrons. The van der Waals surface area contributed by atoms with Gasteiger partial charge in [0.05, 0.1) is 0 Å². The topological polar surface area (TPSA) is 69.9 Å². The Hall–Kier alpha value is -2.24. The Kier molecular flexibility index (Phi) is 4.45. The first-order chi connectivity index (χ1) is 9.58. The molecular weight excluding hydrogens is 253 g/mol. The molecule has 0 radical (unpaired) electrons. The van der Waals surface area contributed by atoms with Gasteiger partial charge in [-0.15, -0.1) is 4.91 Å². The van der Waals surface area contributed by atoms with E-state index in [0.29, 0.717) is 11.2 Å². The highest BCUT2D eigenvalue weighted by Crippen LogP contribution is 2.18. The first kappa shape index (κ1) is 14.2. The number of aryl methyl sites for hydroxylation is 1. The molecule has 0 bridgehead atoms. The molecule has 0 aliphatic carbocycles. The van der Waals surface area contributed by atoms with Gasteiger partial charge in [0.25, 0.3) is 0 Å². The first-order valence-corrected chi connectivity index (χ1v) is 6.18. The third kappa shape index (κ3) is 3.63. The molecule has 0 saturated heterocycles. The van der Waals surface area contributed by atoms with Crippen LogP contribution in [0.1, 0.15) is 16.7 Å². The van der Waals surface area contributed by atoms with Crippen molar-refractivity contribution in [2.75, 3.05) is 0 Å². The molecule has 4 nitrogen and oxygen atoms in total. The van der Waals surface area contributed by atoms with E-state index >= 15 is 0 Å². The fourth-order valence-corrected chi connectivity index (χ4v) is 1.91. The van der Waals surface area contributed by atoms with Crippen LogP contribution in [0.3, 0.4) is 0 Å². The molecule has 5 heteroatoms. The summed E-state index contributed by atoms with van der Waals surface area (Å²) in [6.07, 6.45) is 3.77. The minimum atomic E-state index is -1.45. The molecule has 0 saturated carbocycles. The molecule has 0 spiro atoms. The molecule has 0 unspecified atom stereocenters. The summed E-state index contributed by atoms with van der Waals surface area (Å²) >= 11 is 0. The van der Waals surface area contributed by atoms with Crippen LogP contribution >= 0.6 is 0 Å². The maximum absolute atomic E-state index is 10.6. The molecule has 0 aliphatic rings. The van der Waals surface area contributed by atoms with E-state index in [1.165, 1.54) is 0 Å². The van der Waals surface area contributed by atoms with Crippen molar-refractivity contribution in [3.63, 3.8) is 0 Å². The van der Waals surface area contributed by atoms with Crippen molar-refractivity contribution >= 4 is 30.4 Å². The van der Waals surface area contributed by atoms with Gasteiger partial charge in [-0.2, -0.15) is 0 Å². The van der Waals surface area contributed by atoms with Gasteiger partial charge in [-0.05, 0) is 46.4 Å². The normalized spacial score (nSPS) is 10.8. The molecule has 0 aliphatic heterocycles. The van der Waals surface area contributed by atoms with E-state index in [1.807, 2.05) is 25.1 Å². The number of benzene rings is 2. The SMILES string of the molecule is Cc1cc(/C=C/c2ccc(B(O)O)cc2)cc(N=O)c1. The highest BCUT2D eigenvalue weighted by Gasteiger charge is 2.08. The Labute approximate surface area is 117 Å². The van der Waals surface area contributed by atoms with Crippen LogP contribution in [0, 0.1) is 11.8 Å². The van der Waals surface area contributed by atoms with E-state index in [2.05, 4.69) is 5.18 Å². The largest absolute Gasteiger partial charge is 0.488 e. The molecule has 0 atom stereocenters. The molecule has 0 heterocycles. The maximum Gasteiger partial charge on any atom is 0.488 e. The summed E-state index contributed by atoms with van der Waals surface area (Å²) in [5, 5.41) is 21.0. The zero-order chi connectivity index (χ0) is 14.5. The number of nitrogens with zero attached hydrogens (tertiary/aromatic N) is 1. The van der Waals surface area contributed by atoms with Crippen LogP contribution in [-0.4, -0.2) is 17.2 Å². The predicted octanol–water partition coefficient (Wildman–Crippen LogP) is 2.24. The summed E-state index contributed by atoms with van der Waals surface area (Å²) in [4.78, 5) is 10.6. The number of rotatable bonds is 4. The van der Waals surface area contributed by atoms with E-state index in [4.69, 9.17) is 10.0 Å². The average Bonchev–Trinajstić information content (AvgIpc) is 2.45. The van der Waals surface area contributed by atoms with Gasteiger partial charge < -0.3 is 10.0 Å². The van der Waals surface area contributed by atoms with E-state index in [0.717, 1.165) is 16.7 Å².